The van der Waals surface area contributed by atoms with E-state index in [-0.39, 0.29) is 21.7 Å². The lowest BCUT2D eigenvalue weighted by Crippen LogP contribution is -2.41. The third-order valence-corrected chi connectivity index (χ3v) is 19.8. The molecule has 8 heteroatoms. The van der Waals surface area contributed by atoms with E-state index in [0.29, 0.717) is 11.5 Å². The van der Waals surface area contributed by atoms with Gasteiger partial charge < -0.3 is 28.3 Å². The molecule has 0 aliphatic carbocycles. The van der Waals surface area contributed by atoms with Gasteiger partial charge in [0.25, 0.3) is 0 Å². The van der Waals surface area contributed by atoms with Crippen molar-refractivity contribution in [3.8, 4) is 78.3 Å². The molecule has 0 spiro atoms. The van der Waals surface area contributed by atoms with Gasteiger partial charge in [-0.15, -0.1) is 0 Å². The molecule has 0 saturated carbocycles. The zero-order valence-electron chi connectivity index (χ0n) is 57.0. The van der Waals surface area contributed by atoms with Crippen molar-refractivity contribution in [3.05, 3.63) is 210 Å². The maximum atomic E-state index is 7.18. The molecule has 0 atom stereocenters. The molecule has 9 aromatic carbocycles. The Labute approximate surface area is 538 Å². The highest BCUT2D eigenvalue weighted by Gasteiger charge is 2.53. The van der Waals surface area contributed by atoms with Crippen molar-refractivity contribution in [2.45, 2.75) is 183 Å². The zero-order valence-corrected chi connectivity index (χ0v) is 57.0. The molecule has 3 aliphatic heterocycles. The monoisotopic (exact) mass is 1190 g/mol. The molecule has 0 unspecified atom stereocenters. The number of hydrogen-bond acceptors (Lipinski definition) is 6. The number of hydrogen-bond donors (Lipinski definition) is 0. The SMILES string of the molecule is CC(C)(C)c1ccc(-c2cc(-c3ccc(C(C)(C)C)cc3)cc(-c3cc(-c4cc(-c5ccc(C(C)(C)C)cc5)cc(-c5ccc(C(C)(C)C)cc5)c4)cc(N4c5ccc(B6OC(C)(C)C(C)(C)O6)cc5Oc5cc(B6OC(C)(C)C(C)(C)O6)ccc54)c3)c2)cc1. The lowest BCUT2D eigenvalue weighted by atomic mass is 9.78. The van der Waals surface area contributed by atoms with Gasteiger partial charge in [-0.05, 0) is 256 Å². The molecule has 0 aromatic heterocycles. The minimum absolute atomic E-state index is 0.0117. The fourth-order valence-electron chi connectivity index (χ4n) is 12.4. The van der Waals surface area contributed by atoms with Crippen LogP contribution in [0.15, 0.2) is 188 Å². The minimum Gasteiger partial charge on any atom is -0.453 e. The largest absolute Gasteiger partial charge is 0.494 e. The summed E-state index contributed by atoms with van der Waals surface area (Å²) in [5, 5.41) is 0. The third-order valence-electron chi connectivity index (χ3n) is 19.8. The summed E-state index contributed by atoms with van der Waals surface area (Å²) in [7, 11) is -1.20. The van der Waals surface area contributed by atoms with Crippen LogP contribution in [0.3, 0.4) is 0 Å². The van der Waals surface area contributed by atoms with Gasteiger partial charge in [0.2, 0.25) is 0 Å². The van der Waals surface area contributed by atoms with Crippen molar-refractivity contribution in [1.82, 2.24) is 0 Å². The van der Waals surface area contributed by atoms with E-state index >= 15 is 0 Å². The van der Waals surface area contributed by atoms with Crippen molar-refractivity contribution in [1.29, 1.82) is 0 Å². The van der Waals surface area contributed by atoms with E-state index in [1.807, 2.05) is 0 Å². The van der Waals surface area contributed by atoms with Crippen molar-refractivity contribution in [3.63, 3.8) is 0 Å². The van der Waals surface area contributed by atoms with Crippen LogP contribution in [0.2, 0.25) is 0 Å². The Kier molecular flexibility index (Phi) is 15.4. The molecule has 3 heterocycles. The van der Waals surface area contributed by atoms with Crippen LogP contribution >= 0.6 is 0 Å². The summed E-state index contributed by atoms with van der Waals surface area (Å²) in [5.74, 6) is 1.35. The average Bonchev–Trinajstić information content (AvgIpc) is 1.10. The summed E-state index contributed by atoms with van der Waals surface area (Å²) in [5.41, 5.74) is 21.1. The fourth-order valence-corrected chi connectivity index (χ4v) is 12.4. The van der Waals surface area contributed by atoms with Gasteiger partial charge in [-0.2, -0.15) is 0 Å². The van der Waals surface area contributed by atoms with Crippen molar-refractivity contribution in [2.24, 2.45) is 0 Å². The standard InChI is InChI=1S/C82H91B2NO5/c1-75(2,3)64-29-21-52(22-30-64)56-41-57(53-23-31-65(32-24-53)76(4,5)6)44-60(43-56)62-47-63(61-45-58(54-25-33-66(34-26-54)77(7,8)9)42-59(46-61)55-27-35-67(36-28-55)78(10,11)12)49-70(48-62)85-71-39-37-68(83-87-79(13,14)80(15,16)88-83)50-73(71)86-74-51-69(38-40-72(74)85)84-89-81(17,18)82(19,20)90-84/h21-51H,1-20H3. The third kappa shape index (κ3) is 12.2. The van der Waals surface area contributed by atoms with Crippen LogP contribution in [0, 0.1) is 0 Å². The van der Waals surface area contributed by atoms with Gasteiger partial charge in [-0.25, -0.2) is 0 Å². The number of fused-ring (bicyclic) bond motifs is 2. The van der Waals surface area contributed by atoms with E-state index in [4.69, 9.17) is 23.4 Å². The smallest absolute Gasteiger partial charge is 0.453 e. The van der Waals surface area contributed by atoms with Gasteiger partial charge in [-0.3, -0.25) is 0 Å². The van der Waals surface area contributed by atoms with E-state index in [2.05, 4.69) is 331 Å². The number of ether oxygens (including phenoxy) is 1. The lowest BCUT2D eigenvalue weighted by molar-refractivity contribution is 0.00578. The van der Waals surface area contributed by atoms with Gasteiger partial charge in [0.15, 0.2) is 11.5 Å². The molecule has 12 rings (SSSR count). The molecule has 460 valence electrons. The summed E-state index contributed by atoms with van der Waals surface area (Å²) < 4.78 is 34.0. The maximum absolute atomic E-state index is 7.18. The molecule has 0 N–H and O–H groups in total. The van der Waals surface area contributed by atoms with Gasteiger partial charge >= 0.3 is 14.2 Å². The molecule has 0 bridgehead atoms. The zero-order chi connectivity index (χ0) is 64.5. The minimum atomic E-state index is -0.601. The fraction of sp³-hybridized carbons (Fsp3) is 0.341. The highest BCUT2D eigenvalue weighted by atomic mass is 16.7. The molecule has 90 heavy (non-hydrogen) atoms. The number of nitrogens with zero attached hydrogens (tertiary/aromatic N) is 1. The molecule has 3 aliphatic rings. The van der Waals surface area contributed by atoms with E-state index < -0.39 is 36.6 Å². The van der Waals surface area contributed by atoms with Crippen LogP contribution in [-0.4, -0.2) is 36.6 Å². The van der Waals surface area contributed by atoms with Gasteiger partial charge in [-0.1, -0.05) is 192 Å². The van der Waals surface area contributed by atoms with Crippen LogP contribution in [0.25, 0.3) is 66.8 Å². The normalized spacial score (nSPS) is 16.9. The quantitative estimate of drug-likeness (QED) is 0.134. The number of benzene rings is 9. The molecule has 6 nitrogen and oxygen atoms in total. The molecular weight excluding hydrogens is 1100 g/mol. The maximum Gasteiger partial charge on any atom is 0.494 e. The molecule has 9 aromatic rings. The van der Waals surface area contributed by atoms with E-state index in [1.54, 1.807) is 0 Å². The predicted octanol–water partition coefficient (Wildman–Crippen LogP) is 21.1. The van der Waals surface area contributed by atoms with Crippen molar-refractivity contribution >= 4 is 42.2 Å². The van der Waals surface area contributed by atoms with Gasteiger partial charge in [0, 0.05) is 5.69 Å². The Morgan fingerprint density at radius 2 is 0.489 bits per heavy atom. The summed E-state index contributed by atoms with van der Waals surface area (Å²) in [6.45, 7) is 44.1. The summed E-state index contributed by atoms with van der Waals surface area (Å²) in [6, 6.07) is 70.8. The Hall–Kier alpha value is -7.45. The second-order valence-corrected chi connectivity index (χ2v) is 31.7. The Bertz CT molecular complexity index is 3740. The first-order chi connectivity index (χ1) is 42.0. The average molecular weight is 1190 g/mol. The van der Waals surface area contributed by atoms with Gasteiger partial charge in [0.1, 0.15) is 0 Å². The predicted molar refractivity (Wildman–Crippen MR) is 380 cm³/mol. The van der Waals surface area contributed by atoms with Crippen LogP contribution in [0.1, 0.15) is 161 Å². The molecule has 2 fully saturated rings. The van der Waals surface area contributed by atoms with E-state index in [9.17, 15) is 0 Å². The van der Waals surface area contributed by atoms with Crippen LogP contribution in [-0.2, 0) is 40.3 Å². The topological polar surface area (TPSA) is 49.4 Å². The highest BCUT2D eigenvalue weighted by molar-refractivity contribution is 6.62. The van der Waals surface area contributed by atoms with E-state index in [0.717, 1.165) is 94.7 Å². The van der Waals surface area contributed by atoms with Crippen molar-refractivity contribution in [2.75, 3.05) is 4.90 Å². The van der Waals surface area contributed by atoms with Crippen LogP contribution in [0.4, 0.5) is 17.1 Å². The van der Waals surface area contributed by atoms with E-state index in [1.165, 1.54) is 22.3 Å². The summed E-state index contributed by atoms with van der Waals surface area (Å²) >= 11 is 0. The Balaban J connectivity index is 1.12. The first-order valence-corrected chi connectivity index (χ1v) is 32.4. The first kappa shape index (κ1) is 62.7. The first-order valence-electron chi connectivity index (χ1n) is 32.4. The second kappa shape index (κ2) is 22.2. The highest BCUT2D eigenvalue weighted by Crippen LogP contribution is 2.53. The molecule has 2 saturated heterocycles. The summed E-state index contributed by atoms with van der Waals surface area (Å²) in [6.07, 6.45) is 0. The van der Waals surface area contributed by atoms with Gasteiger partial charge in [0.05, 0.1) is 33.8 Å². The van der Waals surface area contributed by atoms with Crippen molar-refractivity contribution < 1.29 is 23.4 Å². The number of rotatable bonds is 9. The number of anilines is 3. The van der Waals surface area contributed by atoms with Crippen LogP contribution in [0.5, 0.6) is 11.5 Å². The Morgan fingerprint density at radius 3 is 0.722 bits per heavy atom. The Morgan fingerprint density at radius 1 is 0.267 bits per heavy atom. The summed E-state index contributed by atoms with van der Waals surface area (Å²) in [4.78, 5) is 2.37. The molecule has 0 amide bonds. The lowest BCUT2D eigenvalue weighted by Gasteiger charge is -2.34. The molecular formula is C82H91B2NO5. The molecule has 0 radical (unpaired) electrons. The van der Waals surface area contributed by atoms with Crippen LogP contribution < -0.4 is 20.6 Å². The second-order valence-electron chi connectivity index (χ2n) is 31.7.